The van der Waals surface area contributed by atoms with Gasteiger partial charge in [-0.15, -0.1) is 0 Å². The van der Waals surface area contributed by atoms with E-state index in [0.29, 0.717) is 12.1 Å². The average Bonchev–Trinajstić information content (AvgIpc) is 2.18. The third-order valence-corrected chi connectivity index (χ3v) is 3.00. The van der Waals surface area contributed by atoms with Gasteiger partial charge >= 0.3 is 0 Å². The highest BCUT2D eigenvalue weighted by atomic mass is 15.2. The van der Waals surface area contributed by atoms with E-state index in [0.717, 1.165) is 0 Å². The van der Waals surface area contributed by atoms with Crippen LogP contribution in [-0.4, -0.2) is 37.6 Å². The standard InChI is InChI=1S/C12H28N2/c1-6-9-11(13-4)12(8-3)14(5)10-7-2/h11-13H,6-10H2,1-5H3. The van der Waals surface area contributed by atoms with Gasteiger partial charge in [0.25, 0.3) is 0 Å². The summed E-state index contributed by atoms with van der Waals surface area (Å²) in [6, 6.07) is 1.35. The topological polar surface area (TPSA) is 15.3 Å². The van der Waals surface area contributed by atoms with Gasteiger partial charge < -0.3 is 10.2 Å². The quantitative estimate of drug-likeness (QED) is 0.647. The van der Waals surface area contributed by atoms with E-state index >= 15 is 0 Å². The normalized spacial score (nSPS) is 15.9. The van der Waals surface area contributed by atoms with Crippen LogP contribution in [0.3, 0.4) is 0 Å². The zero-order chi connectivity index (χ0) is 11.0. The minimum Gasteiger partial charge on any atom is -0.315 e. The Morgan fingerprint density at radius 1 is 1.14 bits per heavy atom. The van der Waals surface area contributed by atoms with Crippen molar-refractivity contribution >= 4 is 0 Å². The van der Waals surface area contributed by atoms with Crippen LogP contribution in [0.4, 0.5) is 0 Å². The van der Waals surface area contributed by atoms with Crippen molar-refractivity contribution in [2.75, 3.05) is 20.6 Å². The predicted octanol–water partition coefficient (Wildman–Crippen LogP) is 2.49. The molecule has 0 aromatic heterocycles. The van der Waals surface area contributed by atoms with E-state index in [1.165, 1.54) is 32.2 Å². The molecule has 0 saturated heterocycles. The van der Waals surface area contributed by atoms with Crippen molar-refractivity contribution in [2.24, 2.45) is 0 Å². The van der Waals surface area contributed by atoms with Crippen molar-refractivity contribution in [3.63, 3.8) is 0 Å². The molecule has 86 valence electrons. The van der Waals surface area contributed by atoms with Crippen molar-refractivity contribution in [1.29, 1.82) is 0 Å². The minimum atomic E-state index is 0.654. The second kappa shape index (κ2) is 8.25. The Kier molecular flexibility index (Phi) is 8.20. The molecular weight excluding hydrogens is 172 g/mol. The Hall–Kier alpha value is -0.0800. The van der Waals surface area contributed by atoms with Crippen LogP contribution in [0.5, 0.6) is 0 Å². The minimum absolute atomic E-state index is 0.654. The fourth-order valence-corrected chi connectivity index (χ4v) is 2.26. The van der Waals surface area contributed by atoms with Crippen LogP contribution in [-0.2, 0) is 0 Å². The molecule has 0 rings (SSSR count). The molecule has 0 spiro atoms. The summed E-state index contributed by atoms with van der Waals surface area (Å²) in [4.78, 5) is 2.50. The van der Waals surface area contributed by atoms with Crippen LogP contribution >= 0.6 is 0 Å². The van der Waals surface area contributed by atoms with Crippen molar-refractivity contribution < 1.29 is 0 Å². The van der Waals surface area contributed by atoms with Gasteiger partial charge in [0.2, 0.25) is 0 Å². The molecule has 0 saturated carbocycles. The second-order valence-electron chi connectivity index (χ2n) is 4.14. The highest BCUT2D eigenvalue weighted by Crippen LogP contribution is 2.12. The van der Waals surface area contributed by atoms with Gasteiger partial charge in [0.05, 0.1) is 0 Å². The molecule has 2 heteroatoms. The summed E-state index contributed by atoms with van der Waals surface area (Å²) in [6.45, 7) is 8.01. The first kappa shape index (κ1) is 13.9. The first-order valence-corrected chi connectivity index (χ1v) is 6.08. The van der Waals surface area contributed by atoms with E-state index in [2.05, 4.69) is 45.1 Å². The fraction of sp³-hybridized carbons (Fsp3) is 1.00. The van der Waals surface area contributed by atoms with Gasteiger partial charge in [0.1, 0.15) is 0 Å². The summed E-state index contributed by atoms with van der Waals surface area (Å²) >= 11 is 0. The van der Waals surface area contributed by atoms with E-state index in [1.807, 2.05) is 0 Å². The summed E-state index contributed by atoms with van der Waals surface area (Å²) in [7, 11) is 4.33. The maximum absolute atomic E-state index is 3.45. The predicted molar refractivity (Wildman–Crippen MR) is 64.8 cm³/mol. The lowest BCUT2D eigenvalue weighted by Crippen LogP contribution is -2.47. The molecule has 1 N–H and O–H groups in total. The van der Waals surface area contributed by atoms with Crippen LogP contribution in [0, 0.1) is 0 Å². The molecule has 0 radical (unpaired) electrons. The number of rotatable bonds is 8. The van der Waals surface area contributed by atoms with E-state index in [9.17, 15) is 0 Å². The summed E-state index contributed by atoms with van der Waals surface area (Å²) in [6.07, 6.45) is 5.03. The van der Waals surface area contributed by atoms with Gasteiger partial charge in [0, 0.05) is 12.1 Å². The molecule has 0 bridgehead atoms. The molecule has 0 aromatic carbocycles. The van der Waals surface area contributed by atoms with Crippen molar-refractivity contribution in [2.45, 2.75) is 58.5 Å². The fourth-order valence-electron chi connectivity index (χ4n) is 2.26. The first-order chi connectivity index (χ1) is 6.71. The highest BCUT2D eigenvalue weighted by Gasteiger charge is 2.20. The molecule has 0 heterocycles. The molecule has 2 atom stereocenters. The average molecular weight is 200 g/mol. The maximum atomic E-state index is 3.45. The molecule has 0 aromatic rings. The Labute approximate surface area is 90.1 Å². The summed E-state index contributed by atoms with van der Waals surface area (Å²) < 4.78 is 0. The van der Waals surface area contributed by atoms with Gasteiger partial charge in [-0.25, -0.2) is 0 Å². The van der Waals surface area contributed by atoms with E-state index in [1.54, 1.807) is 0 Å². The van der Waals surface area contributed by atoms with Gasteiger partial charge in [-0.05, 0) is 39.9 Å². The smallest absolute Gasteiger partial charge is 0.0243 e. The largest absolute Gasteiger partial charge is 0.315 e. The lowest BCUT2D eigenvalue weighted by atomic mass is 9.99. The van der Waals surface area contributed by atoms with Crippen LogP contribution in [0.25, 0.3) is 0 Å². The monoisotopic (exact) mass is 200 g/mol. The maximum Gasteiger partial charge on any atom is 0.0243 e. The third-order valence-electron chi connectivity index (χ3n) is 3.00. The lowest BCUT2D eigenvalue weighted by Gasteiger charge is -2.33. The molecule has 0 aliphatic carbocycles. The van der Waals surface area contributed by atoms with E-state index < -0.39 is 0 Å². The Bertz CT molecular complexity index is 125. The molecule has 0 aliphatic rings. The van der Waals surface area contributed by atoms with Crippen LogP contribution in [0.1, 0.15) is 46.5 Å². The highest BCUT2D eigenvalue weighted by molar-refractivity contribution is 4.80. The Balaban J connectivity index is 4.18. The SMILES string of the molecule is CCCC(NC)C(CC)N(C)CCC. The molecule has 0 fully saturated rings. The van der Waals surface area contributed by atoms with Crippen molar-refractivity contribution in [3.8, 4) is 0 Å². The molecule has 14 heavy (non-hydrogen) atoms. The van der Waals surface area contributed by atoms with Gasteiger partial charge in [-0.2, -0.15) is 0 Å². The number of hydrogen-bond donors (Lipinski definition) is 1. The van der Waals surface area contributed by atoms with E-state index in [4.69, 9.17) is 0 Å². The van der Waals surface area contributed by atoms with Crippen LogP contribution in [0.2, 0.25) is 0 Å². The molecule has 0 aliphatic heterocycles. The molecule has 2 nitrogen and oxygen atoms in total. The van der Waals surface area contributed by atoms with Gasteiger partial charge in [0.15, 0.2) is 0 Å². The molecule has 2 unspecified atom stereocenters. The number of likely N-dealkylation sites (N-methyl/N-ethyl adjacent to an activating group) is 2. The van der Waals surface area contributed by atoms with Crippen LogP contribution < -0.4 is 5.32 Å². The number of nitrogens with zero attached hydrogens (tertiary/aromatic N) is 1. The van der Waals surface area contributed by atoms with Crippen LogP contribution in [0.15, 0.2) is 0 Å². The van der Waals surface area contributed by atoms with Gasteiger partial charge in [-0.1, -0.05) is 27.2 Å². The zero-order valence-electron chi connectivity index (χ0n) is 10.6. The number of nitrogens with one attached hydrogen (secondary N) is 1. The second-order valence-corrected chi connectivity index (χ2v) is 4.14. The van der Waals surface area contributed by atoms with Crippen molar-refractivity contribution in [3.05, 3.63) is 0 Å². The first-order valence-electron chi connectivity index (χ1n) is 6.08. The van der Waals surface area contributed by atoms with Gasteiger partial charge in [-0.3, -0.25) is 0 Å². The summed E-state index contributed by atoms with van der Waals surface area (Å²) in [5, 5.41) is 3.45. The van der Waals surface area contributed by atoms with Crippen molar-refractivity contribution in [1.82, 2.24) is 10.2 Å². The molecule has 0 amide bonds. The zero-order valence-corrected chi connectivity index (χ0v) is 10.6. The third kappa shape index (κ3) is 4.43. The summed E-state index contributed by atoms with van der Waals surface area (Å²) in [5.74, 6) is 0. The Morgan fingerprint density at radius 2 is 1.79 bits per heavy atom. The molecular formula is C12H28N2. The lowest BCUT2D eigenvalue weighted by molar-refractivity contribution is 0.184. The van der Waals surface area contributed by atoms with E-state index in [-0.39, 0.29) is 0 Å². The Morgan fingerprint density at radius 3 is 2.14 bits per heavy atom. The summed E-state index contributed by atoms with van der Waals surface area (Å²) in [5.41, 5.74) is 0. The number of hydrogen-bond acceptors (Lipinski definition) is 2.